The van der Waals surface area contributed by atoms with E-state index in [0.29, 0.717) is 25.6 Å². The van der Waals surface area contributed by atoms with Gasteiger partial charge in [0, 0.05) is 31.9 Å². The maximum Gasteiger partial charge on any atom is 0.321 e. The second-order valence-electron chi connectivity index (χ2n) is 7.26. The van der Waals surface area contributed by atoms with Crippen molar-refractivity contribution >= 4 is 17.6 Å². The Kier molecular flexibility index (Phi) is 5.58. The Hall–Kier alpha value is -2.08. The highest BCUT2D eigenvalue weighted by molar-refractivity contribution is 5.90. The molecule has 2 saturated heterocycles. The van der Waals surface area contributed by atoms with Crippen molar-refractivity contribution < 1.29 is 9.59 Å². The standard InChI is InChI=1S/C19H28N4O2/c1-14-4-2-6-17(10-14)21-19(25)23-8-3-5-16(13-23)18(24)22-9-7-15(11-20)12-22/h2,4,6,10,15-16H,3,5,7-9,11-13,20H2,1H3,(H,21,25). The fraction of sp³-hybridized carbons (Fsp3) is 0.579. The van der Waals surface area contributed by atoms with E-state index in [1.807, 2.05) is 36.1 Å². The molecule has 0 spiro atoms. The van der Waals surface area contributed by atoms with E-state index in [4.69, 9.17) is 5.73 Å². The van der Waals surface area contributed by atoms with Crippen LogP contribution in [0.3, 0.4) is 0 Å². The number of rotatable bonds is 3. The summed E-state index contributed by atoms with van der Waals surface area (Å²) < 4.78 is 0. The first-order chi connectivity index (χ1) is 12.1. The predicted octanol–water partition coefficient (Wildman–Crippen LogP) is 2.05. The zero-order valence-corrected chi connectivity index (χ0v) is 14.9. The van der Waals surface area contributed by atoms with Crippen LogP contribution in [0.5, 0.6) is 0 Å². The fourth-order valence-corrected chi connectivity index (χ4v) is 3.77. The quantitative estimate of drug-likeness (QED) is 0.881. The first-order valence-electron chi connectivity index (χ1n) is 9.18. The van der Waals surface area contributed by atoms with Crippen molar-refractivity contribution in [2.45, 2.75) is 26.2 Å². The van der Waals surface area contributed by atoms with E-state index in [1.165, 1.54) is 0 Å². The Labute approximate surface area is 149 Å². The molecule has 6 nitrogen and oxygen atoms in total. The molecule has 1 aromatic carbocycles. The molecule has 25 heavy (non-hydrogen) atoms. The van der Waals surface area contributed by atoms with Crippen molar-refractivity contribution in [3.05, 3.63) is 29.8 Å². The summed E-state index contributed by atoms with van der Waals surface area (Å²) in [5.41, 5.74) is 7.62. The van der Waals surface area contributed by atoms with E-state index < -0.39 is 0 Å². The molecule has 6 heteroatoms. The minimum absolute atomic E-state index is 0.0893. The van der Waals surface area contributed by atoms with Crippen LogP contribution in [0.1, 0.15) is 24.8 Å². The highest BCUT2D eigenvalue weighted by atomic mass is 16.2. The van der Waals surface area contributed by atoms with Crippen molar-refractivity contribution in [2.75, 3.05) is 38.0 Å². The molecule has 0 bridgehead atoms. The van der Waals surface area contributed by atoms with Gasteiger partial charge < -0.3 is 20.9 Å². The van der Waals surface area contributed by atoms with Crippen LogP contribution in [-0.4, -0.2) is 54.5 Å². The topological polar surface area (TPSA) is 78.7 Å². The van der Waals surface area contributed by atoms with Gasteiger partial charge in [-0.15, -0.1) is 0 Å². The zero-order valence-electron chi connectivity index (χ0n) is 14.9. The summed E-state index contributed by atoms with van der Waals surface area (Å²) in [5.74, 6) is 0.519. The summed E-state index contributed by atoms with van der Waals surface area (Å²) in [6.07, 6.45) is 2.72. The predicted molar refractivity (Wildman–Crippen MR) is 98.2 cm³/mol. The number of amides is 3. The van der Waals surface area contributed by atoms with Gasteiger partial charge >= 0.3 is 6.03 Å². The van der Waals surface area contributed by atoms with Crippen LogP contribution < -0.4 is 11.1 Å². The molecule has 2 unspecified atom stereocenters. The van der Waals surface area contributed by atoms with Gasteiger partial charge in [-0.3, -0.25) is 4.79 Å². The van der Waals surface area contributed by atoms with Crippen LogP contribution in [0, 0.1) is 18.8 Å². The third-order valence-corrected chi connectivity index (χ3v) is 5.26. The molecule has 2 heterocycles. The SMILES string of the molecule is Cc1cccc(NC(=O)N2CCCC(C(=O)N3CCC(CN)C3)C2)c1. The summed E-state index contributed by atoms with van der Waals surface area (Å²) in [6, 6.07) is 7.63. The van der Waals surface area contributed by atoms with Crippen LogP contribution in [0.2, 0.25) is 0 Å². The highest BCUT2D eigenvalue weighted by Crippen LogP contribution is 2.23. The number of urea groups is 1. The zero-order chi connectivity index (χ0) is 17.8. The number of nitrogens with one attached hydrogen (secondary N) is 1. The lowest BCUT2D eigenvalue weighted by atomic mass is 9.97. The molecule has 0 saturated carbocycles. The number of hydrogen-bond acceptors (Lipinski definition) is 3. The smallest absolute Gasteiger partial charge is 0.321 e. The van der Waals surface area contributed by atoms with E-state index in [-0.39, 0.29) is 17.9 Å². The number of nitrogens with zero attached hydrogens (tertiary/aromatic N) is 2. The van der Waals surface area contributed by atoms with Crippen LogP contribution in [0.25, 0.3) is 0 Å². The molecule has 2 aliphatic rings. The van der Waals surface area contributed by atoms with Crippen molar-refractivity contribution in [3.8, 4) is 0 Å². The fourth-order valence-electron chi connectivity index (χ4n) is 3.77. The van der Waals surface area contributed by atoms with Crippen molar-refractivity contribution in [1.29, 1.82) is 0 Å². The molecule has 3 N–H and O–H groups in total. The lowest BCUT2D eigenvalue weighted by molar-refractivity contribution is -0.135. The number of benzene rings is 1. The van der Waals surface area contributed by atoms with E-state index in [9.17, 15) is 9.59 Å². The normalized spacial score (nSPS) is 23.6. The van der Waals surface area contributed by atoms with Gasteiger partial charge in [-0.2, -0.15) is 0 Å². The van der Waals surface area contributed by atoms with Gasteiger partial charge in [-0.25, -0.2) is 4.79 Å². The van der Waals surface area contributed by atoms with Gasteiger partial charge in [0.2, 0.25) is 5.91 Å². The molecule has 3 rings (SSSR count). The number of likely N-dealkylation sites (tertiary alicyclic amines) is 2. The lowest BCUT2D eigenvalue weighted by Gasteiger charge is -2.34. The van der Waals surface area contributed by atoms with Crippen molar-refractivity contribution in [1.82, 2.24) is 9.80 Å². The molecule has 2 atom stereocenters. The average Bonchev–Trinajstić information content (AvgIpc) is 3.10. The van der Waals surface area contributed by atoms with Gasteiger partial charge in [0.15, 0.2) is 0 Å². The minimum Gasteiger partial charge on any atom is -0.342 e. The summed E-state index contributed by atoms with van der Waals surface area (Å²) in [4.78, 5) is 29.0. The molecule has 0 aromatic heterocycles. The molecule has 0 aliphatic carbocycles. The second-order valence-corrected chi connectivity index (χ2v) is 7.26. The number of hydrogen-bond donors (Lipinski definition) is 2. The number of carbonyl (C=O) groups is 2. The molecule has 1 aromatic rings. The van der Waals surface area contributed by atoms with Crippen molar-refractivity contribution in [2.24, 2.45) is 17.6 Å². The summed E-state index contributed by atoms with van der Waals surface area (Å²) >= 11 is 0. The summed E-state index contributed by atoms with van der Waals surface area (Å²) in [6.45, 7) is 5.40. The number of aryl methyl sites for hydroxylation is 1. The number of nitrogens with two attached hydrogens (primary N) is 1. The average molecular weight is 344 g/mol. The molecule has 3 amide bonds. The Morgan fingerprint density at radius 3 is 2.76 bits per heavy atom. The molecule has 2 aliphatic heterocycles. The summed E-state index contributed by atoms with van der Waals surface area (Å²) in [5, 5.41) is 2.94. The Bertz CT molecular complexity index is 634. The minimum atomic E-state index is -0.121. The largest absolute Gasteiger partial charge is 0.342 e. The van der Waals surface area contributed by atoms with Gasteiger partial charge in [0.05, 0.1) is 5.92 Å². The second kappa shape index (κ2) is 7.87. The lowest BCUT2D eigenvalue weighted by Crippen LogP contribution is -2.47. The van der Waals surface area contributed by atoms with Gasteiger partial charge in [-0.1, -0.05) is 12.1 Å². The third kappa shape index (κ3) is 4.31. The maximum atomic E-state index is 12.8. The van der Waals surface area contributed by atoms with Crippen LogP contribution in [0.4, 0.5) is 10.5 Å². The van der Waals surface area contributed by atoms with Gasteiger partial charge in [0.1, 0.15) is 0 Å². The third-order valence-electron chi connectivity index (χ3n) is 5.26. The molecular weight excluding hydrogens is 316 g/mol. The van der Waals surface area contributed by atoms with E-state index in [2.05, 4.69) is 5.32 Å². The van der Waals surface area contributed by atoms with Crippen LogP contribution >= 0.6 is 0 Å². The maximum absolute atomic E-state index is 12.8. The molecule has 0 radical (unpaired) electrons. The molecular formula is C19H28N4O2. The Morgan fingerprint density at radius 1 is 1.20 bits per heavy atom. The number of piperidine rings is 1. The summed E-state index contributed by atoms with van der Waals surface area (Å²) in [7, 11) is 0. The first kappa shape index (κ1) is 17.7. The number of anilines is 1. The molecule has 136 valence electrons. The van der Waals surface area contributed by atoms with Gasteiger partial charge in [0.25, 0.3) is 0 Å². The monoisotopic (exact) mass is 344 g/mol. The Balaban J connectivity index is 1.57. The van der Waals surface area contributed by atoms with Crippen molar-refractivity contribution in [3.63, 3.8) is 0 Å². The van der Waals surface area contributed by atoms with E-state index in [0.717, 1.165) is 43.6 Å². The molecule has 2 fully saturated rings. The number of carbonyl (C=O) groups excluding carboxylic acids is 2. The van der Waals surface area contributed by atoms with Crippen LogP contribution in [0.15, 0.2) is 24.3 Å². The van der Waals surface area contributed by atoms with Crippen LogP contribution in [-0.2, 0) is 4.79 Å². The van der Waals surface area contributed by atoms with Gasteiger partial charge in [-0.05, 0) is 56.3 Å². The Morgan fingerprint density at radius 2 is 2.04 bits per heavy atom. The first-order valence-corrected chi connectivity index (χ1v) is 9.18. The van der Waals surface area contributed by atoms with E-state index in [1.54, 1.807) is 4.90 Å². The van der Waals surface area contributed by atoms with E-state index >= 15 is 0 Å². The highest BCUT2D eigenvalue weighted by Gasteiger charge is 2.34.